The number of benzene rings is 1. The van der Waals surface area contributed by atoms with E-state index >= 15 is 0 Å². The average Bonchev–Trinajstić information content (AvgIpc) is 2.45. The second-order valence-corrected chi connectivity index (χ2v) is 4.70. The minimum Gasteiger partial charge on any atom is -0.378 e. The fourth-order valence-corrected chi connectivity index (χ4v) is 1.90. The molecule has 2 rings (SSSR count). The van der Waals surface area contributed by atoms with Crippen LogP contribution in [-0.2, 0) is 6.54 Å². The van der Waals surface area contributed by atoms with Crippen molar-refractivity contribution in [3.05, 3.63) is 53.9 Å². The minimum atomic E-state index is -0.410. The van der Waals surface area contributed by atoms with Gasteiger partial charge in [-0.2, -0.15) is 0 Å². The van der Waals surface area contributed by atoms with Crippen molar-refractivity contribution in [3.63, 3.8) is 0 Å². The summed E-state index contributed by atoms with van der Waals surface area (Å²) in [6.07, 6.45) is 3.56. The largest absolute Gasteiger partial charge is 0.378 e. The topological polar surface area (TPSA) is 71.2 Å². The van der Waals surface area contributed by atoms with E-state index in [0.29, 0.717) is 12.1 Å². The molecule has 0 saturated carbocycles. The SMILES string of the molecule is CN(C)c1ccncc1NCc1ccc(C(N)=O)cc1. The first-order valence-electron chi connectivity index (χ1n) is 6.32. The third-order valence-electron chi connectivity index (χ3n) is 3.00. The summed E-state index contributed by atoms with van der Waals surface area (Å²) in [7, 11) is 3.98. The maximum absolute atomic E-state index is 11.0. The van der Waals surface area contributed by atoms with Crippen LogP contribution in [0.4, 0.5) is 11.4 Å². The summed E-state index contributed by atoms with van der Waals surface area (Å²) in [4.78, 5) is 17.2. The fourth-order valence-electron chi connectivity index (χ4n) is 1.90. The van der Waals surface area contributed by atoms with E-state index in [1.54, 1.807) is 24.5 Å². The van der Waals surface area contributed by atoms with E-state index in [1.807, 2.05) is 37.2 Å². The van der Waals surface area contributed by atoms with Crippen LogP contribution in [0.5, 0.6) is 0 Å². The van der Waals surface area contributed by atoms with E-state index in [-0.39, 0.29) is 0 Å². The zero-order chi connectivity index (χ0) is 14.5. The Balaban J connectivity index is 2.07. The predicted molar refractivity (Wildman–Crippen MR) is 80.9 cm³/mol. The van der Waals surface area contributed by atoms with Crippen LogP contribution in [-0.4, -0.2) is 25.0 Å². The van der Waals surface area contributed by atoms with Crippen LogP contribution in [0.3, 0.4) is 0 Å². The second-order valence-electron chi connectivity index (χ2n) is 4.70. The van der Waals surface area contributed by atoms with Crippen LogP contribution in [0, 0.1) is 0 Å². The summed E-state index contributed by atoms with van der Waals surface area (Å²) in [5.41, 5.74) is 8.85. The number of hydrogen-bond donors (Lipinski definition) is 2. The van der Waals surface area contributed by atoms with Crippen molar-refractivity contribution in [2.75, 3.05) is 24.3 Å². The van der Waals surface area contributed by atoms with Gasteiger partial charge in [-0.1, -0.05) is 12.1 Å². The number of hydrogen-bond acceptors (Lipinski definition) is 4. The Hall–Kier alpha value is -2.56. The number of anilines is 2. The molecule has 0 radical (unpaired) electrons. The molecule has 0 unspecified atom stereocenters. The Kier molecular flexibility index (Phi) is 4.20. The Morgan fingerprint density at radius 1 is 1.25 bits per heavy atom. The van der Waals surface area contributed by atoms with Crippen LogP contribution in [0.2, 0.25) is 0 Å². The number of nitrogens with zero attached hydrogens (tertiary/aromatic N) is 2. The highest BCUT2D eigenvalue weighted by Gasteiger charge is 2.04. The molecule has 0 fully saturated rings. The zero-order valence-electron chi connectivity index (χ0n) is 11.6. The highest BCUT2D eigenvalue weighted by atomic mass is 16.1. The van der Waals surface area contributed by atoms with Gasteiger partial charge in [0.05, 0.1) is 17.6 Å². The summed E-state index contributed by atoms with van der Waals surface area (Å²) < 4.78 is 0. The molecule has 1 heterocycles. The van der Waals surface area contributed by atoms with Crippen molar-refractivity contribution in [1.82, 2.24) is 4.98 Å². The third kappa shape index (κ3) is 3.26. The van der Waals surface area contributed by atoms with Crippen molar-refractivity contribution in [1.29, 1.82) is 0 Å². The average molecular weight is 270 g/mol. The molecule has 0 atom stereocenters. The molecule has 0 aliphatic carbocycles. The van der Waals surface area contributed by atoms with E-state index in [1.165, 1.54) is 0 Å². The van der Waals surface area contributed by atoms with Crippen LogP contribution >= 0.6 is 0 Å². The molecule has 1 aromatic heterocycles. The van der Waals surface area contributed by atoms with Crippen molar-refractivity contribution < 1.29 is 4.79 Å². The van der Waals surface area contributed by atoms with E-state index < -0.39 is 5.91 Å². The molecule has 0 aliphatic rings. The van der Waals surface area contributed by atoms with Crippen LogP contribution in [0.15, 0.2) is 42.7 Å². The Morgan fingerprint density at radius 2 is 1.95 bits per heavy atom. The smallest absolute Gasteiger partial charge is 0.248 e. The number of carbonyl (C=O) groups excluding carboxylic acids is 1. The van der Waals surface area contributed by atoms with E-state index in [9.17, 15) is 4.79 Å². The molecule has 0 saturated heterocycles. The maximum Gasteiger partial charge on any atom is 0.248 e. The Bertz CT molecular complexity index is 593. The van der Waals surface area contributed by atoms with Gasteiger partial charge in [0.2, 0.25) is 5.91 Å². The second kappa shape index (κ2) is 6.06. The molecular formula is C15H18N4O. The summed E-state index contributed by atoms with van der Waals surface area (Å²) >= 11 is 0. The molecule has 1 amide bonds. The highest BCUT2D eigenvalue weighted by Crippen LogP contribution is 2.22. The highest BCUT2D eigenvalue weighted by molar-refractivity contribution is 5.92. The first-order chi connectivity index (χ1) is 9.58. The molecule has 0 bridgehead atoms. The van der Waals surface area contributed by atoms with Gasteiger partial charge in [0.1, 0.15) is 0 Å². The number of rotatable bonds is 5. The van der Waals surface area contributed by atoms with E-state index in [0.717, 1.165) is 16.9 Å². The molecule has 5 nitrogen and oxygen atoms in total. The molecule has 20 heavy (non-hydrogen) atoms. The van der Waals surface area contributed by atoms with Gasteiger partial charge in [-0.15, -0.1) is 0 Å². The third-order valence-corrected chi connectivity index (χ3v) is 3.00. The van der Waals surface area contributed by atoms with E-state index in [4.69, 9.17) is 5.73 Å². The normalized spacial score (nSPS) is 10.1. The lowest BCUT2D eigenvalue weighted by Gasteiger charge is -2.17. The number of pyridine rings is 1. The van der Waals surface area contributed by atoms with Crippen molar-refractivity contribution >= 4 is 17.3 Å². The first-order valence-corrected chi connectivity index (χ1v) is 6.32. The fraction of sp³-hybridized carbons (Fsp3) is 0.200. The lowest BCUT2D eigenvalue weighted by Crippen LogP contribution is -2.13. The molecule has 0 aliphatic heterocycles. The zero-order valence-corrected chi connectivity index (χ0v) is 11.6. The van der Waals surface area contributed by atoms with Gasteiger partial charge in [0.15, 0.2) is 0 Å². The van der Waals surface area contributed by atoms with Crippen LogP contribution in [0.25, 0.3) is 0 Å². The van der Waals surface area contributed by atoms with Gasteiger partial charge in [0.25, 0.3) is 0 Å². The predicted octanol–water partition coefficient (Wildman–Crippen LogP) is 1.86. The standard InChI is InChI=1S/C15H18N4O/c1-19(2)14-7-8-17-10-13(14)18-9-11-3-5-12(6-4-11)15(16)20/h3-8,10,18H,9H2,1-2H3,(H2,16,20). The number of amides is 1. The maximum atomic E-state index is 11.0. The summed E-state index contributed by atoms with van der Waals surface area (Å²) in [5.74, 6) is -0.410. The molecule has 0 spiro atoms. The van der Waals surface area contributed by atoms with Gasteiger partial charge >= 0.3 is 0 Å². The van der Waals surface area contributed by atoms with Gasteiger partial charge in [0, 0.05) is 32.4 Å². The van der Waals surface area contributed by atoms with Crippen LogP contribution in [0.1, 0.15) is 15.9 Å². The molecule has 1 aromatic carbocycles. The van der Waals surface area contributed by atoms with Gasteiger partial charge in [-0.05, 0) is 23.8 Å². The van der Waals surface area contributed by atoms with Gasteiger partial charge < -0.3 is 16.0 Å². The minimum absolute atomic E-state index is 0.410. The van der Waals surface area contributed by atoms with Crippen LogP contribution < -0.4 is 16.0 Å². The summed E-state index contributed by atoms with van der Waals surface area (Å²) in [5, 5.41) is 3.34. The Morgan fingerprint density at radius 3 is 2.55 bits per heavy atom. The Labute approximate surface area is 118 Å². The molecule has 104 valence electrons. The lowest BCUT2D eigenvalue weighted by atomic mass is 10.1. The van der Waals surface area contributed by atoms with Crippen molar-refractivity contribution in [3.8, 4) is 0 Å². The summed E-state index contributed by atoms with van der Waals surface area (Å²) in [6.45, 7) is 0.658. The first kappa shape index (κ1) is 13.9. The number of nitrogens with one attached hydrogen (secondary N) is 1. The van der Waals surface area contributed by atoms with Crippen molar-refractivity contribution in [2.45, 2.75) is 6.54 Å². The van der Waals surface area contributed by atoms with Gasteiger partial charge in [-0.25, -0.2) is 0 Å². The lowest BCUT2D eigenvalue weighted by molar-refractivity contribution is 0.100. The molecular weight excluding hydrogens is 252 g/mol. The number of nitrogens with two attached hydrogens (primary N) is 1. The quantitative estimate of drug-likeness (QED) is 0.870. The number of primary amides is 1. The van der Waals surface area contributed by atoms with Gasteiger partial charge in [-0.3, -0.25) is 9.78 Å². The monoisotopic (exact) mass is 270 g/mol. The molecule has 3 N–H and O–H groups in total. The molecule has 5 heteroatoms. The number of carbonyl (C=O) groups is 1. The summed E-state index contributed by atoms with van der Waals surface area (Å²) in [6, 6.07) is 9.20. The molecule has 2 aromatic rings. The van der Waals surface area contributed by atoms with E-state index in [2.05, 4.69) is 10.3 Å². The number of aromatic nitrogens is 1. The van der Waals surface area contributed by atoms with Crippen molar-refractivity contribution in [2.24, 2.45) is 5.73 Å².